The van der Waals surface area contributed by atoms with Crippen LogP contribution in [0.15, 0.2) is 46.9 Å². The van der Waals surface area contributed by atoms with Crippen molar-refractivity contribution in [2.75, 3.05) is 0 Å². The molecular weight excluding hydrogens is 421 g/mol. The van der Waals surface area contributed by atoms with Gasteiger partial charge in [0.1, 0.15) is 0 Å². The lowest BCUT2D eigenvalue weighted by atomic mass is 10.1. The lowest BCUT2D eigenvalue weighted by Crippen LogP contribution is -2.07. The third-order valence-corrected chi connectivity index (χ3v) is 4.69. The molecule has 0 amide bonds. The first kappa shape index (κ1) is 19.2. The molecule has 0 spiro atoms. The molecule has 0 atom stereocenters. The minimum absolute atomic E-state index is 1.06. The van der Waals surface area contributed by atoms with Crippen molar-refractivity contribution in [3.8, 4) is 11.4 Å². The Hall–Kier alpha value is -2.54. The fourth-order valence-electron chi connectivity index (χ4n) is 2.97. The number of aryl methyl sites for hydroxylation is 2. The number of carbonyl (C=O) groups is 1. The van der Waals surface area contributed by atoms with E-state index in [2.05, 4.69) is 82.2 Å². The van der Waals surface area contributed by atoms with Crippen LogP contribution in [-0.2, 0) is 4.79 Å². The van der Waals surface area contributed by atoms with E-state index in [0.717, 1.165) is 21.4 Å². The maximum Gasteiger partial charge on any atom is 0.446 e. The van der Waals surface area contributed by atoms with Crippen molar-refractivity contribution >= 4 is 44.0 Å². The second-order valence-electron chi connectivity index (χ2n) is 6.25. The molecule has 0 unspecified atom stereocenters. The molecule has 0 aliphatic rings. The van der Waals surface area contributed by atoms with Crippen LogP contribution in [0.5, 0.6) is 0 Å². The number of aromatic amines is 2. The minimum atomic E-state index is -4.64. The Labute approximate surface area is 161 Å². The zero-order chi connectivity index (χ0) is 19.8. The SMILES string of the molecule is Cc1ccc2[nH]c(-c3[nH]c4cc(Br)ccc4c3C)cc2c1.O=CC(F)(F)F. The molecule has 7 heteroatoms. The molecule has 4 rings (SSSR count). The van der Waals surface area contributed by atoms with Crippen LogP contribution in [0, 0.1) is 13.8 Å². The molecule has 2 aromatic heterocycles. The van der Waals surface area contributed by atoms with Gasteiger partial charge in [-0.3, -0.25) is 4.79 Å². The molecule has 3 nitrogen and oxygen atoms in total. The van der Waals surface area contributed by atoms with Crippen LogP contribution < -0.4 is 0 Å². The Morgan fingerprint density at radius 3 is 2.33 bits per heavy atom. The summed E-state index contributed by atoms with van der Waals surface area (Å²) in [6, 6.07) is 15.1. The van der Waals surface area contributed by atoms with Crippen molar-refractivity contribution in [3.63, 3.8) is 0 Å². The van der Waals surface area contributed by atoms with Crippen molar-refractivity contribution in [3.05, 3.63) is 58.1 Å². The summed E-state index contributed by atoms with van der Waals surface area (Å²) in [5.74, 6) is 0. The van der Waals surface area contributed by atoms with Crippen LogP contribution in [0.3, 0.4) is 0 Å². The summed E-state index contributed by atoms with van der Waals surface area (Å²) in [7, 11) is 0. The molecule has 27 heavy (non-hydrogen) atoms. The van der Waals surface area contributed by atoms with Crippen LogP contribution in [0.25, 0.3) is 33.2 Å². The standard InChI is InChI=1S/C18H15BrN2.C2HF3O/c1-10-3-6-15-12(7-10)8-17(20-15)18-11(2)14-5-4-13(19)9-16(14)21-18;3-2(4,5)1-6/h3-9,20-21H,1-2H3;1H. The Kier molecular flexibility index (Phi) is 5.15. The second-order valence-corrected chi connectivity index (χ2v) is 7.16. The van der Waals surface area contributed by atoms with Crippen molar-refractivity contribution in [2.24, 2.45) is 0 Å². The molecule has 140 valence electrons. The van der Waals surface area contributed by atoms with E-state index in [1.165, 1.54) is 27.4 Å². The smallest absolute Gasteiger partial charge is 0.353 e. The summed E-state index contributed by atoms with van der Waals surface area (Å²) in [4.78, 5) is 15.7. The third-order valence-electron chi connectivity index (χ3n) is 4.20. The van der Waals surface area contributed by atoms with Crippen molar-refractivity contribution < 1.29 is 18.0 Å². The van der Waals surface area contributed by atoms with E-state index in [1.807, 2.05) is 0 Å². The van der Waals surface area contributed by atoms with Gasteiger partial charge in [-0.2, -0.15) is 13.2 Å². The molecule has 2 heterocycles. The fourth-order valence-corrected chi connectivity index (χ4v) is 3.33. The van der Waals surface area contributed by atoms with E-state index >= 15 is 0 Å². The van der Waals surface area contributed by atoms with Gasteiger partial charge in [-0.15, -0.1) is 0 Å². The van der Waals surface area contributed by atoms with Gasteiger partial charge in [0, 0.05) is 26.3 Å². The molecule has 2 N–H and O–H groups in total. The Balaban J connectivity index is 0.000000307. The van der Waals surface area contributed by atoms with E-state index in [4.69, 9.17) is 4.79 Å². The lowest BCUT2D eigenvalue weighted by molar-refractivity contribution is -0.156. The third kappa shape index (κ3) is 4.24. The molecule has 4 aromatic rings. The van der Waals surface area contributed by atoms with Gasteiger partial charge in [-0.1, -0.05) is 33.6 Å². The molecule has 0 aliphatic heterocycles. The topological polar surface area (TPSA) is 48.6 Å². The maximum absolute atomic E-state index is 10.4. The average Bonchev–Trinajstić information content (AvgIpc) is 3.15. The van der Waals surface area contributed by atoms with Crippen LogP contribution in [0.4, 0.5) is 13.2 Å². The van der Waals surface area contributed by atoms with Crippen LogP contribution in [0.1, 0.15) is 11.1 Å². The lowest BCUT2D eigenvalue weighted by Gasteiger charge is -1.95. The highest BCUT2D eigenvalue weighted by Crippen LogP contribution is 2.32. The van der Waals surface area contributed by atoms with Crippen LogP contribution in [0.2, 0.25) is 0 Å². The normalized spacial score (nSPS) is 11.5. The molecule has 0 bridgehead atoms. The number of aromatic nitrogens is 2. The fraction of sp³-hybridized carbons (Fsp3) is 0.150. The minimum Gasteiger partial charge on any atom is -0.353 e. The van der Waals surface area contributed by atoms with Gasteiger partial charge in [0.05, 0.1) is 11.4 Å². The highest BCUT2D eigenvalue weighted by Gasteiger charge is 2.24. The van der Waals surface area contributed by atoms with Gasteiger partial charge in [0.25, 0.3) is 0 Å². The number of H-pyrrole nitrogens is 2. The first-order valence-electron chi connectivity index (χ1n) is 8.08. The van der Waals surface area contributed by atoms with Gasteiger partial charge in [-0.05, 0) is 49.7 Å². The number of nitrogens with one attached hydrogen (secondary N) is 2. The average molecular weight is 437 g/mol. The zero-order valence-corrected chi connectivity index (χ0v) is 16.1. The predicted molar refractivity (Wildman–Crippen MR) is 105 cm³/mol. The van der Waals surface area contributed by atoms with Crippen molar-refractivity contribution in [2.45, 2.75) is 20.0 Å². The summed E-state index contributed by atoms with van der Waals surface area (Å²) in [5, 5.41) is 2.52. The number of carbonyl (C=O) groups excluding carboxylic acids is 1. The number of alkyl halides is 3. The number of rotatable bonds is 1. The van der Waals surface area contributed by atoms with E-state index in [-0.39, 0.29) is 0 Å². The number of hydrogen-bond acceptors (Lipinski definition) is 1. The van der Waals surface area contributed by atoms with Gasteiger partial charge in [-0.25, -0.2) is 0 Å². The van der Waals surface area contributed by atoms with Gasteiger partial charge in [0.2, 0.25) is 6.29 Å². The molecule has 0 saturated carbocycles. The van der Waals surface area contributed by atoms with Crippen LogP contribution >= 0.6 is 15.9 Å². The zero-order valence-electron chi connectivity index (χ0n) is 14.5. The molecule has 2 aromatic carbocycles. The largest absolute Gasteiger partial charge is 0.446 e. The van der Waals surface area contributed by atoms with E-state index < -0.39 is 12.5 Å². The summed E-state index contributed by atoms with van der Waals surface area (Å²) >= 11 is 3.53. The summed E-state index contributed by atoms with van der Waals surface area (Å²) < 4.78 is 32.3. The number of hydrogen-bond donors (Lipinski definition) is 2. The number of aldehydes is 1. The van der Waals surface area contributed by atoms with Gasteiger partial charge in [0.15, 0.2) is 0 Å². The van der Waals surface area contributed by atoms with E-state index in [1.54, 1.807) is 0 Å². The summed E-state index contributed by atoms with van der Waals surface area (Å²) in [6.07, 6.45) is -5.70. The van der Waals surface area contributed by atoms with E-state index in [0.29, 0.717) is 0 Å². The van der Waals surface area contributed by atoms with Crippen LogP contribution in [-0.4, -0.2) is 22.4 Å². The number of fused-ring (bicyclic) bond motifs is 2. The first-order valence-corrected chi connectivity index (χ1v) is 8.88. The monoisotopic (exact) mass is 436 g/mol. The van der Waals surface area contributed by atoms with Crippen molar-refractivity contribution in [1.29, 1.82) is 0 Å². The Morgan fingerprint density at radius 1 is 0.963 bits per heavy atom. The van der Waals surface area contributed by atoms with Gasteiger partial charge < -0.3 is 9.97 Å². The summed E-state index contributed by atoms with van der Waals surface area (Å²) in [6.45, 7) is 4.29. The van der Waals surface area contributed by atoms with E-state index in [9.17, 15) is 13.2 Å². The molecule has 0 aliphatic carbocycles. The number of halogens is 4. The molecular formula is C20H16BrF3N2O. The first-order chi connectivity index (χ1) is 12.7. The van der Waals surface area contributed by atoms with Crippen molar-refractivity contribution in [1.82, 2.24) is 9.97 Å². The second kappa shape index (κ2) is 7.23. The highest BCUT2D eigenvalue weighted by molar-refractivity contribution is 9.10. The quantitative estimate of drug-likeness (QED) is 0.331. The molecule has 0 fully saturated rings. The Bertz CT molecular complexity index is 1130. The number of benzene rings is 2. The highest BCUT2D eigenvalue weighted by atomic mass is 79.9. The predicted octanol–water partition coefficient (Wildman–Crippen LogP) is 6.44. The molecule has 0 saturated heterocycles. The van der Waals surface area contributed by atoms with Gasteiger partial charge >= 0.3 is 6.18 Å². The molecule has 0 radical (unpaired) electrons. The summed E-state index contributed by atoms with van der Waals surface area (Å²) in [5.41, 5.74) is 7.20. The maximum atomic E-state index is 10.4. The Morgan fingerprint density at radius 2 is 1.67 bits per heavy atom.